The van der Waals surface area contributed by atoms with Crippen molar-refractivity contribution in [1.82, 2.24) is 10.2 Å². The molecule has 1 rings (SSSR count). The van der Waals surface area contributed by atoms with Gasteiger partial charge in [-0.05, 0) is 63.7 Å². The molecule has 1 aliphatic heterocycles. The second kappa shape index (κ2) is 8.10. The van der Waals surface area contributed by atoms with Crippen LogP contribution in [0, 0.1) is 11.8 Å². The van der Waals surface area contributed by atoms with E-state index in [1.165, 1.54) is 51.9 Å². The molecule has 2 nitrogen and oxygen atoms in total. The van der Waals surface area contributed by atoms with Crippen molar-refractivity contribution in [3.05, 3.63) is 0 Å². The first kappa shape index (κ1) is 15.0. The maximum absolute atomic E-state index is 3.78. The Morgan fingerprint density at radius 1 is 1.18 bits per heavy atom. The Labute approximate surface area is 108 Å². The molecule has 1 fully saturated rings. The van der Waals surface area contributed by atoms with E-state index < -0.39 is 0 Å². The standard InChI is InChI=1S/C15H32N2/c1-5-9-17-10-6-7-15(8-11-17)16-12-14(4)13(2)3/h13-16H,5-12H2,1-4H3. The van der Waals surface area contributed by atoms with Gasteiger partial charge >= 0.3 is 0 Å². The highest BCUT2D eigenvalue weighted by atomic mass is 15.1. The number of nitrogens with zero attached hydrogens (tertiary/aromatic N) is 1. The van der Waals surface area contributed by atoms with Gasteiger partial charge in [0, 0.05) is 6.04 Å². The Morgan fingerprint density at radius 2 is 1.94 bits per heavy atom. The summed E-state index contributed by atoms with van der Waals surface area (Å²) in [5.41, 5.74) is 0. The maximum atomic E-state index is 3.78. The van der Waals surface area contributed by atoms with E-state index in [0.717, 1.165) is 17.9 Å². The molecule has 2 atom stereocenters. The molecule has 0 aromatic heterocycles. The van der Waals surface area contributed by atoms with Gasteiger partial charge in [-0.15, -0.1) is 0 Å². The molecule has 17 heavy (non-hydrogen) atoms. The third-order valence-corrected chi connectivity index (χ3v) is 4.23. The molecule has 2 heteroatoms. The van der Waals surface area contributed by atoms with Crippen LogP contribution in [0.5, 0.6) is 0 Å². The van der Waals surface area contributed by atoms with Gasteiger partial charge in [-0.2, -0.15) is 0 Å². The third kappa shape index (κ3) is 5.87. The van der Waals surface area contributed by atoms with Gasteiger partial charge in [0.2, 0.25) is 0 Å². The summed E-state index contributed by atoms with van der Waals surface area (Å²) in [4.78, 5) is 2.63. The summed E-state index contributed by atoms with van der Waals surface area (Å²) in [6.45, 7) is 14.4. The zero-order valence-corrected chi connectivity index (χ0v) is 12.3. The molecule has 0 spiro atoms. The van der Waals surface area contributed by atoms with Gasteiger partial charge in [-0.25, -0.2) is 0 Å². The molecule has 0 aromatic carbocycles. The van der Waals surface area contributed by atoms with Gasteiger partial charge < -0.3 is 10.2 Å². The Kier molecular flexibility index (Phi) is 7.14. The molecule has 2 unspecified atom stereocenters. The van der Waals surface area contributed by atoms with Crippen LogP contribution in [0.2, 0.25) is 0 Å². The predicted molar refractivity (Wildman–Crippen MR) is 76.4 cm³/mol. The van der Waals surface area contributed by atoms with Crippen LogP contribution in [0.3, 0.4) is 0 Å². The Bertz CT molecular complexity index is 191. The molecular formula is C15H32N2. The molecule has 1 N–H and O–H groups in total. The summed E-state index contributed by atoms with van der Waals surface area (Å²) < 4.78 is 0. The average Bonchev–Trinajstić information content (AvgIpc) is 2.52. The molecule has 1 aliphatic rings. The van der Waals surface area contributed by atoms with Crippen LogP contribution in [0.15, 0.2) is 0 Å². The molecule has 0 radical (unpaired) electrons. The summed E-state index contributed by atoms with van der Waals surface area (Å²) in [5, 5.41) is 3.78. The van der Waals surface area contributed by atoms with Crippen LogP contribution in [0.4, 0.5) is 0 Å². The van der Waals surface area contributed by atoms with Crippen molar-refractivity contribution in [2.75, 3.05) is 26.2 Å². The molecule has 0 aliphatic carbocycles. The first-order chi connectivity index (χ1) is 8.13. The highest BCUT2D eigenvalue weighted by Crippen LogP contribution is 2.13. The maximum Gasteiger partial charge on any atom is 0.00798 e. The fourth-order valence-corrected chi connectivity index (χ4v) is 2.49. The van der Waals surface area contributed by atoms with Crippen molar-refractivity contribution in [2.24, 2.45) is 11.8 Å². The first-order valence-corrected chi connectivity index (χ1v) is 7.59. The van der Waals surface area contributed by atoms with Crippen molar-refractivity contribution in [3.63, 3.8) is 0 Å². The van der Waals surface area contributed by atoms with Gasteiger partial charge in [-0.3, -0.25) is 0 Å². The largest absolute Gasteiger partial charge is 0.314 e. The monoisotopic (exact) mass is 240 g/mol. The SMILES string of the molecule is CCCN1CCCC(NCC(C)C(C)C)CC1. The summed E-state index contributed by atoms with van der Waals surface area (Å²) in [6.07, 6.45) is 5.37. The van der Waals surface area contributed by atoms with Gasteiger partial charge in [0.05, 0.1) is 0 Å². The van der Waals surface area contributed by atoms with Crippen LogP contribution >= 0.6 is 0 Å². The molecule has 1 heterocycles. The van der Waals surface area contributed by atoms with Crippen LogP contribution in [-0.2, 0) is 0 Å². The van der Waals surface area contributed by atoms with E-state index in [0.29, 0.717) is 0 Å². The molecule has 1 saturated heterocycles. The van der Waals surface area contributed by atoms with Crippen molar-refractivity contribution in [2.45, 2.75) is 59.4 Å². The second-order valence-electron chi connectivity index (χ2n) is 6.10. The van der Waals surface area contributed by atoms with Crippen molar-refractivity contribution < 1.29 is 0 Å². The average molecular weight is 240 g/mol. The van der Waals surface area contributed by atoms with E-state index in [1.54, 1.807) is 0 Å². The van der Waals surface area contributed by atoms with Crippen molar-refractivity contribution in [3.8, 4) is 0 Å². The van der Waals surface area contributed by atoms with Crippen LogP contribution in [-0.4, -0.2) is 37.1 Å². The molecule has 102 valence electrons. The summed E-state index contributed by atoms with van der Waals surface area (Å²) in [7, 11) is 0. The highest BCUT2D eigenvalue weighted by Gasteiger charge is 2.17. The van der Waals surface area contributed by atoms with E-state index >= 15 is 0 Å². The van der Waals surface area contributed by atoms with Crippen molar-refractivity contribution in [1.29, 1.82) is 0 Å². The van der Waals surface area contributed by atoms with E-state index in [2.05, 4.69) is 37.9 Å². The minimum atomic E-state index is 0.762. The minimum absolute atomic E-state index is 0.762. The quantitative estimate of drug-likeness (QED) is 0.767. The minimum Gasteiger partial charge on any atom is -0.314 e. The Morgan fingerprint density at radius 3 is 2.59 bits per heavy atom. The zero-order chi connectivity index (χ0) is 12.7. The number of hydrogen-bond acceptors (Lipinski definition) is 2. The first-order valence-electron chi connectivity index (χ1n) is 7.59. The van der Waals surface area contributed by atoms with Gasteiger partial charge in [0.15, 0.2) is 0 Å². The van der Waals surface area contributed by atoms with Gasteiger partial charge in [-0.1, -0.05) is 27.7 Å². The van der Waals surface area contributed by atoms with Crippen molar-refractivity contribution >= 4 is 0 Å². The predicted octanol–water partition coefficient (Wildman–Crippen LogP) is 3.13. The van der Waals surface area contributed by atoms with Crippen LogP contribution < -0.4 is 5.32 Å². The highest BCUT2D eigenvalue weighted by molar-refractivity contribution is 4.75. The third-order valence-electron chi connectivity index (χ3n) is 4.23. The lowest BCUT2D eigenvalue weighted by atomic mass is 9.97. The number of nitrogens with one attached hydrogen (secondary N) is 1. The Balaban J connectivity index is 2.22. The normalized spacial score (nSPS) is 24.9. The van der Waals surface area contributed by atoms with Gasteiger partial charge in [0.1, 0.15) is 0 Å². The lowest BCUT2D eigenvalue weighted by molar-refractivity contribution is 0.281. The Hall–Kier alpha value is -0.0800. The molecule has 0 amide bonds. The van der Waals surface area contributed by atoms with E-state index in [9.17, 15) is 0 Å². The second-order valence-corrected chi connectivity index (χ2v) is 6.10. The summed E-state index contributed by atoms with van der Waals surface area (Å²) in [6, 6.07) is 0.762. The summed E-state index contributed by atoms with van der Waals surface area (Å²) >= 11 is 0. The molecule has 0 saturated carbocycles. The molecular weight excluding hydrogens is 208 g/mol. The van der Waals surface area contributed by atoms with Crippen LogP contribution in [0.1, 0.15) is 53.4 Å². The van der Waals surface area contributed by atoms with E-state index in [1.807, 2.05) is 0 Å². The lowest BCUT2D eigenvalue weighted by Crippen LogP contribution is -2.35. The van der Waals surface area contributed by atoms with E-state index in [4.69, 9.17) is 0 Å². The molecule has 0 bridgehead atoms. The lowest BCUT2D eigenvalue weighted by Gasteiger charge is -2.22. The van der Waals surface area contributed by atoms with Crippen LogP contribution in [0.25, 0.3) is 0 Å². The topological polar surface area (TPSA) is 15.3 Å². The zero-order valence-electron chi connectivity index (χ0n) is 12.3. The molecule has 0 aromatic rings. The number of likely N-dealkylation sites (tertiary alicyclic amines) is 1. The summed E-state index contributed by atoms with van der Waals surface area (Å²) in [5.74, 6) is 1.59. The van der Waals surface area contributed by atoms with Gasteiger partial charge in [0.25, 0.3) is 0 Å². The number of hydrogen-bond donors (Lipinski definition) is 1. The smallest absolute Gasteiger partial charge is 0.00798 e. The fourth-order valence-electron chi connectivity index (χ4n) is 2.49. The fraction of sp³-hybridized carbons (Fsp3) is 1.00. The van der Waals surface area contributed by atoms with E-state index in [-0.39, 0.29) is 0 Å². The number of rotatable bonds is 6.